The number of anilines is 1. The topological polar surface area (TPSA) is 98.2 Å². The average Bonchev–Trinajstić information content (AvgIpc) is 2.68. The highest BCUT2D eigenvalue weighted by molar-refractivity contribution is 6.39. The summed E-state index contributed by atoms with van der Waals surface area (Å²) in [4.78, 5) is 23.7. The standard InChI is InChI=1S/C18H19N3O5/c1-24-14-7-4-12(5-8-14)11-19-21-18(23)17(22)20-13-6-9-15(25-2)16(10-13)26-3/h4-11H,1-3H3,(H,20,22)(H,21,23)/b19-11-. The molecule has 8 nitrogen and oxygen atoms in total. The van der Waals surface area contributed by atoms with E-state index in [-0.39, 0.29) is 0 Å². The van der Waals surface area contributed by atoms with Gasteiger partial charge in [0.25, 0.3) is 0 Å². The molecule has 2 aromatic rings. The van der Waals surface area contributed by atoms with Gasteiger partial charge in [-0.25, -0.2) is 5.43 Å². The number of methoxy groups -OCH3 is 3. The van der Waals surface area contributed by atoms with Gasteiger partial charge in [-0.2, -0.15) is 5.10 Å². The number of carbonyl (C=O) groups excluding carboxylic acids is 2. The molecule has 0 bridgehead atoms. The highest BCUT2D eigenvalue weighted by atomic mass is 16.5. The minimum atomic E-state index is -0.899. The first-order valence-corrected chi connectivity index (χ1v) is 7.58. The molecule has 0 heterocycles. The maximum Gasteiger partial charge on any atom is 0.329 e. The number of benzene rings is 2. The molecule has 0 spiro atoms. The highest BCUT2D eigenvalue weighted by Gasteiger charge is 2.14. The largest absolute Gasteiger partial charge is 0.497 e. The van der Waals surface area contributed by atoms with E-state index in [0.29, 0.717) is 22.9 Å². The van der Waals surface area contributed by atoms with Gasteiger partial charge in [-0.1, -0.05) is 0 Å². The summed E-state index contributed by atoms with van der Waals surface area (Å²) in [6.07, 6.45) is 1.42. The van der Waals surface area contributed by atoms with Crippen molar-refractivity contribution in [3.8, 4) is 17.2 Å². The molecular weight excluding hydrogens is 338 g/mol. The number of hydrogen-bond acceptors (Lipinski definition) is 6. The van der Waals surface area contributed by atoms with E-state index in [2.05, 4.69) is 15.8 Å². The van der Waals surface area contributed by atoms with Crippen molar-refractivity contribution >= 4 is 23.7 Å². The predicted molar refractivity (Wildman–Crippen MR) is 96.9 cm³/mol. The van der Waals surface area contributed by atoms with Gasteiger partial charge in [0.1, 0.15) is 5.75 Å². The van der Waals surface area contributed by atoms with E-state index in [4.69, 9.17) is 14.2 Å². The van der Waals surface area contributed by atoms with E-state index < -0.39 is 11.8 Å². The fourth-order valence-corrected chi connectivity index (χ4v) is 2.01. The van der Waals surface area contributed by atoms with Gasteiger partial charge in [-0.15, -0.1) is 0 Å². The number of rotatable bonds is 6. The molecule has 0 atom stereocenters. The monoisotopic (exact) mass is 357 g/mol. The molecule has 0 radical (unpaired) electrons. The van der Waals surface area contributed by atoms with Crippen molar-refractivity contribution in [3.05, 3.63) is 48.0 Å². The van der Waals surface area contributed by atoms with Gasteiger partial charge < -0.3 is 19.5 Å². The summed E-state index contributed by atoms with van der Waals surface area (Å²) < 4.78 is 15.3. The lowest BCUT2D eigenvalue weighted by molar-refractivity contribution is -0.136. The van der Waals surface area contributed by atoms with E-state index in [1.165, 1.54) is 20.4 Å². The van der Waals surface area contributed by atoms with E-state index in [1.807, 2.05) is 0 Å². The van der Waals surface area contributed by atoms with Crippen molar-refractivity contribution in [1.29, 1.82) is 0 Å². The number of nitrogens with zero attached hydrogens (tertiary/aromatic N) is 1. The molecule has 2 N–H and O–H groups in total. The SMILES string of the molecule is COc1ccc(/C=N\NC(=O)C(=O)Nc2ccc(OC)c(OC)c2)cc1. The number of carbonyl (C=O) groups is 2. The van der Waals surface area contributed by atoms with Crippen LogP contribution >= 0.6 is 0 Å². The Kier molecular flexibility index (Phi) is 6.55. The minimum absolute atomic E-state index is 0.391. The Morgan fingerprint density at radius 1 is 0.885 bits per heavy atom. The summed E-state index contributed by atoms with van der Waals surface area (Å²) in [5, 5.41) is 6.20. The zero-order valence-corrected chi connectivity index (χ0v) is 14.6. The molecule has 0 aliphatic carbocycles. The number of ether oxygens (including phenoxy) is 3. The molecule has 0 fully saturated rings. The molecular formula is C18H19N3O5. The maximum absolute atomic E-state index is 11.9. The molecule has 2 aromatic carbocycles. The van der Waals surface area contributed by atoms with Gasteiger partial charge in [0.15, 0.2) is 11.5 Å². The van der Waals surface area contributed by atoms with Crippen LogP contribution in [0.25, 0.3) is 0 Å². The van der Waals surface area contributed by atoms with E-state index in [0.717, 1.165) is 5.56 Å². The van der Waals surface area contributed by atoms with Crippen LogP contribution in [0.3, 0.4) is 0 Å². The van der Waals surface area contributed by atoms with Crippen molar-refractivity contribution in [2.75, 3.05) is 26.6 Å². The van der Waals surface area contributed by atoms with Crippen LogP contribution in [0.5, 0.6) is 17.2 Å². The second-order valence-corrected chi connectivity index (χ2v) is 5.00. The molecule has 0 aliphatic heterocycles. The molecule has 0 saturated carbocycles. The molecule has 0 unspecified atom stereocenters. The number of hydrazone groups is 1. The Bertz CT molecular complexity index is 803. The van der Waals surface area contributed by atoms with Gasteiger partial charge in [-0.3, -0.25) is 9.59 Å². The average molecular weight is 357 g/mol. The van der Waals surface area contributed by atoms with E-state index >= 15 is 0 Å². The van der Waals surface area contributed by atoms with Crippen LogP contribution in [-0.2, 0) is 9.59 Å². The Hall–Kier alpha value is -3.55. The van der Waals surface area contributed by atoms with E-state index in [1.54, 1.807) is 49.6 Å². The van der Waals surface area contributed by atoms with Gasteiger partial charge >= 0.3 is 11.8 Å². The van der Waals surface area contributed by atoms with Crippen LogP contribution in [-0.4, -0.2) is 39.4 Å². The first-order valence-electron chi connectivity index (χ1n) is 7.58. The summed E-state index contributed by atoms with van der Waals surface area (Å²) in [5.74, 6) is -0.101. The number of amides is 2. The van der Waals surface area contributed by atoms with Crippen molar-refractivity contribution < 1.29 is 23.8 Å². The van der Waals surface area contributed by atoms with Gasteiger partial charge in [0, 0.05) is 11.8 Å². The lowest BCUT2D eigenvalue weighted by Gasteiger charge is -2.10. The zero-order valence-electron chi connectivity index (χ0n) is 14.6. The summed E-state index contributed by atoms with van der Waals surface area (Å²) >= 11 is 0. The van der Waals surface area contributed by atoms with Crippen molar-refractivity contribution in [2.45, 2.75) is 0 Å². The van der Waals surface area contributed by atoms with Gasteiger partial charge in [-0.05, 0) is 42.0 Å². The summed E-state index contributed by atoms with van der Waals surface area (Å²) in [5.41, 5.74) is 3.29. The second-order valence-electron chi connectivity index (χ2n) is 5.00. The van der Waals surface area contributed by atoms with Crippen molar-refractivity contribution in [1.82, 2.24) is 5.43 Å². The smallest absolute Gasteiger partial charge is 0.329 e. The lowest BCUT2D eigenvalue weighted by atomic mass is 10.2. The van der Waals surface area contributed by atoms with Crippen LogP contribution in [0.1, 0.15) is 5.56 Å². The minimum Gasteiger partial charge on any atom is -0.497 e. The third-order valence-corrected chi connectivity index (χ3v) is 3.34. The fraction of sp³-hybridized carbons (Fsp3) is 0.167. The van der Waals surface area contributed by atoms with E-state index in [9.17, 15) is 9.59 Å². The lowest BCUT2D eigenvalue weighted by Crippen LogP contribution is -2.32. The molecule has 2 amide bonds. The summed E-state index contributed by atoms with van der Waals surface area (Å²) in [7, 11) is 4.55. The van der Waals surface area contributed by atoms with Crippen molar-refractivity contribution in [2.24, 2.45) is 5.10 Å². The van der Waals surface area contributed by atoms with Crippen LogP contribution in [0, 0.1) is 0 Å². The van der Waals surface area contributed by atoms with Gasteiger partial charge in [0.05, 0.1) is 27.5 Å². The van der Waals surface area contributed by atoms with Gasteiger partial charge in [0.2, 0.25) is 0 Å². The zero-order chi connectivity index (χ0) is 18.9. The molecule has 0 saturated heterocycles. The maximum atomic E-state index is 11.9. The Morgan fingerprint density at radius 2 is 1.58 bits per heavy atom. The third-order valence-electron chi connectivity index (χ3n) is 3.34. The molecule has 0 aromatic heterocycles. The Labute approximate surface area is 150 Å². The second kappa shape index (κ2) is 9.07. The molecule has 2 rings (SSSR count). The van der Waals surface area contributed by atoms with Crippen LogP contribution in [0.15, 0.2) is 47.6 Å². The molecule has 8 heteroatoms. The number of hydrogen-bond donors (Lipinski definition) is 2. The third kappa shape index (κ3) is 4.97. The summed E-state index contributed by atoms with van der Waals surface area (Å²) in [6, 6.07) is 11.8. The van der Waals surface area contributed by atoms with Crippen LogP contribution in [0.4, 0.5) is 5.69 Å². The quantitative estimate of drug-likeness (QED) is 0.467. The van der Waals surface area contributed by atoms with Crippen LogP contribution in [0.2, 0.25) is 0 Å². The Balaban J connectivity index is 1.92. The molecule has 136 valence electrons. The van der Waals surface area contributed by atoms with Crippen LogP contribution < -0.4 is 25.0 Å². The number of nitrogens with one attached hydrogen (secondary N) is 2. The Morgan fingerprint density at radius 3 is 2.19 bits per heavy atom. The fourth-order valence-electron chi connectivity index (χ4n) is 2.01. The molecule has 26 heavy (non-hydrogen) atoms. The normalized spacial score (nSPS) is 10.3. The molecule has 0 aliphatic rings. The highest BCUT2D eigenvalue weighted by Crippen LogP contribution is 2.29. The summed E-state index contributed by atoms with van der Waals surface area (Å²) in [6.45, 7) is 0. The predicted octanol–water partition coefficient (Wildman–Crippen LogP) is 1.80. The van der Waals surface area contributed by atoms with Crippen molar-refractivity contribution in [3.63, 3.8) is 0 Å². The first kappa shape index (κ1) is 18.8. The first-order chi connectivity index (χ1) is 12.6.